The minimum absolute atomic E-state index is 0.277. The molecule has 0 radical (unpaired) electrons. The molecule has 4 rings (SSSR count). The van der Waals surface area contributed by atoms with Crippen molar-refractivity contribution in [2.24, 2.45) is 0 Å². The van der Waals surface area contributed by atoms with Crippen LogP contribution < -0.4 is 5.32 Å². The summed E-state index contributed by atoms with van der Waals surface area (Å²) in [5.41, 5.74) is 4.38. The maximum absolute atomic E-state index is 12.6. The lowest BCUT2D eigenvalue weighted by Crippen LogP contribution is -2.12. The molecular formula is C22H17ClN2O2. The average Bonchev–Trinajstić information content (AvgIpc) is 3.03. The number of pyridine rings is 1. The molecule has 0 aliphatic heterocycles. The van der Waals surface area contributed by atoms with Gasteiger partial charge >= 0.3 is 0 Å². The minimum atomic E-state index is -0.290. The number of aryl methyl sites for hydroxylation is 1. The van der Waals surface area contributed by atoms with Crippen LogP contribution in [0.25, 0.3) is 11.0 Å². The van der Waals surface area contributed by atoms with Crippen molar-refractivity contribution < 1.29 is 9.21 Å². The SMILES string of the molecule is Cc1c(C(=O)Nc2ccc(Cc3ccncc3)cc2)oc2c(Cl)cccc12. The van der Waals surface area contributed by atoms with Gasteiger partial charge in [-0.1, -0.05) is 35.9 Å². The van der Waals surface area contributed by atoms with Crippen molar-refractivity contribution in [2.45, 2.75) is 13.3 Å². The van der Waals surface area contributed by atoms with E-state index in [0.717, 1.165) is 22.9 Å². The Morgan fingerprint density at radius 1 is 1.04 bits per heavy atom. The average molecular weight is 377 g/mol. The van der Waals surface area contributed by atoms with E-state index < -0.39 is 0 Å². The predicted octanol–water partition coefficient (Wildman–Crippen LogP) is 5.63. The number of benzene rings is 2. The van der Waals surface area contributed by atoms with Crippen molar-refractivity contribution in [2.75, 3.05) is 5.32 Å². The largest absolute Gasteiger partial charge is 0.449 e. The van der Waals surface area contributed by atoms with Crippen molar-refractivity contribution in [1.82, 2.24) is 4.98 Å². The highest BCUT2D eigenvalue weighted by atomic mass is 35.5. The zero-order chi connectivity index (χ0) is 18.8. The Bertz CT molecular complexity index is 1100. The molecule has 2 aromatic heterocycles. The third-order valence-corrected chi connectivity index (χ3v) is 4.79. The molecule has 5 heteroatoms. The summed E-state index contributed by atoms with van der Waals surface area (Å²) in [5, 5.41) is 4.23. The molecule has 1 N–H and O–H groups in total. The molecule has 0 unspecified atom stereocenters. The first-order chi connectivity index (χ1) is 13.1. The van der Waals surface area contributed by atoms with Crippen LogP contribution in [0.2, 0.25) is 5.02 Å². The Hall–Kier alpha value is -3.11. The van der Waals surface area contributed by atoms with Gasteiger partial charge in [0.15, 0.2) is 11.3 Å². The minimum Gasteiger partial charge on any atom is -0.449 e. The molecule has 0 aliphatic carbocycles. The second-order valence-corrected chi connectivity index (χ2v) is 6.76. The lowest BCUT2D eigenvalue weighted by Gasteiger charge is -2.06. The number of aromatic nitrogens is 1. The van der Waals surface area contributed by atoms with E-state index in [1.165, 1.54) is 5.56 Å². The number of carbonyl (C=O) groups is 1. The van der Waals surface area contributed by atoms with Gasteiger partial charge in [-0.25, -0.2) is 0 Å². The zero-order valence-corrected chi connectivity index (χ0v) is 15.5. The number of carbonyl (C=O) groups excluding carboxylic acids is 1. The van der Waals surface area contributed by atoms with E-state index in [1.54, 1.807) is 18.5 Å². The summed E-state index contributed by atoms with van der Waals surface area (Å²) in [6.07, 6.45) is 4.38. The third kappa shape index (κ3) is 3.57. The molecular weight excluding hydrogens is 360 g/mol. The van der Waals surface area contributed by atoms with Crippen LogP contribution in [0.15, 0.2) is 71.4 Å². The number of amides is 1. The number of furan rings is 1. The van der Waals surface area contributed by atoms with Crippen LogP contribution in [-0.2, 0) is 6.42 Å². The third-order valence-electron chi connectivity index (χ3n) is 4.49. The van der Waals surface area contributed by atoms with Crippen LogP contribution >= 0.6 is 11.6 Å². The van der Waals surface area contributed by atoms with Crippen LogP contribution in [-0.4, -0.2) is 10.9 Å². The fraction of sp³-hybridized carbons (Fsp3) is 0.0909. The van der Waals surface area contributed by atoms with Gasteiger partial charge in [-0.15, -0.1) is 0 Å². The lowest BCUT2D eigenvalue weighted by atomic mass is 10.1. The molecule has 1 amide bonds. The highest BCUT2D eigenvalue weighted by Crippen LogP contribution is 2.31. The standard InChI is InChI=1S/C22H17ClN2O2/c1-14-18-3-2-4-19(23)21(18)27-20(14)22(26)25-17-7-5-15(6-8-17)13-16-9-11-24-12-10-16/h2-12H,13H2,1H3,(H,25,26). The van der Waals surface area contributed by atoms with Crippen LogP contribution in [0, 0.1) is 6.92 Å². The first-order valence-corrected chi connectivity index (χ1v) is 8.96. The fourth-order valence-corrected chi connectivity index (χ4v) is 3.27. The quantitative estimate of drug-likeness (QED) is 0.502. The molecule has 0 spiro atoms. The maximum Gasteiger partial charge on any atom is 0.291 e. The monoisotopic (exact) mass is 376 g/mol. The van der Waals surface area contributed by atoms with Crippen molar-refractivity contribution in [3.05, 3.63) is 94.5 Å². The highest BCUT2D eigenvalue weighted by molar-refractivity contribution is 6.35. The Labute approximate surface area is 161 Å². The van der Waals surface area contributed by atoms with Crippen molar-refractivity contribution >= 4 is 34.2 Å². The number of nitrogens with zero attached hydrogens (tertiary/aromatic N) is 1. The van der Waals surface area contributed by atoms with E-state index in [9.17, 15) is 4.79 Å². The zero-order valence-electron chi connectivity index (χ0n) is 14.7. The lowest BCUT2D eigenvalue weighted by molar-refractivity contribution is 0.0998. The summed E-state index contributed by atoms with van der Waals surface area (Å²) in [7, 11) is 0. The number of hydrogen-bond donors (Lipinski definition) is 1. The van der Waals surface area contributed by atoms with Gasteiger partial charge in [-0.3, -0.25) is 9.78 Å². The van der Waals surface area contributed by atoms with E-state index in [2.05, 4.69) is 10.3 Å². The summed E-state index contributed by atoms with van der Waals surface area (Å²) < 4.78 is 5.72. The number of para-hydroxylation sites is 1. The molecule has 0 saturated carbocycles. The van der Waals surface area contributed by atoms with E-state index in [0.29, 0.717) is 16.3 Å². The van der Waals surface area contributed by atoms with Crippen molar-refractivity contribution in [3.63, 3.8) is 0 Å². The number of halogens is 1. The van der Waals surface area contributed by atoms with Crippen LogP contribution in [0.5, 0.6) is 0 Å². The molecule has 2 aromatic carbocycles. The molecule has 0 saturated heterocycles. The molecule has 2 heterocycles. The summed E-state index contributed by atoms with van der Waals surface area (Å²) in [6, 6.07) is 17.2. The van der Waals surface area contributed by atoms with E-state index in [4.69, 9.17) is 16.0 Å². The highest BCUT2D eigenvalue weighted by Gasteiger charge is 2.19. The van der Waals surface area contributed by atoms with Gasteiger partial charge in [-0.05, 0) is 54.8 Å². The van der Waals surface area contributed by atoms with Crippen LogP contribution in [0.3, 0.4) is 0 Å². The number of anilines is 1. The van der Waals surface area contributed by atoms with Crippen molar-refractivity contribution in [1.29, 1.82) is 0 Å². The molecule has 4 aromatic rings. The second kappa shape index (κ2) is 7.25. The van der Waals surface area contributed by atoms with Gasteiger partial charge in [0, 0.05) is 29.0 Å². The molecule has 27 heavy (non-hydrogen) atoms. The fourth-order valence-electron chi connectivity index (χ4n) is 3.06. The molecule has 0 bridgehead atoms. The summed E-state index contributed by atoms with van der Waals surface area (Å²) >= 11 is 6.16. The smallest absolute Gasteiger partial charge is 0.291 e. The second-order valence-electron chi connectivity index (χ2n) is 6.36. The molecule has 4 nitrogen and oxygen atoms in total. The van der Waals surface area contributed by atoms with E-state index >= 15 is 0 Å². The van der Waals surface area contributed by atoms with Crippen molar-refractivity contribution in [3.8, 4) is 0 Å². The van der Waals surface area contributed by atoms with E-state index in [-0.39, 0.29) is 11.7 Å². The Morgan fingerprint density at radius 2 is 1.74 bits per heavy atom. The van der Waals surface area contributed by atoms with E-state index in [1.807, 2.05) is 55.5 Å². The van der Waals surface area contributed by atoms with Crippen LogP contribution in [0.1, 0.15) is 27.2 Å². The number of nitrogens with one attached hydrogen (secondary N) is 1. The Balaban J connectivity index is 1.51. The Morgan fingerprint density at radius 3 is 2.44 bits per heavy atom. The number of hydrogen-bond acceptors (Lipinski definition) is 3. The summed E-state index contributed by atoms with van der Waals surface area (Å²) in [4.78, 5) is 16.7. The van der Waals surface area contributed by atoms with Gasteiger partial charge in [0.2, 0.25) is 0 Å². The topological polar surface area (TPSA) is 55.1 Å². The maximum atomic E-state index is 12.6. The Kier molecular flexibility index (Phi) is 4.65. The van der Waals surface area contributed by atoms with Gasteiger partial charge in [0.1, 0.15) is 0 Å². The van der Waals surface area contributed by atoms with Gasteiger partial charge in [0.05, 0.1) is 5.02 Å². The number of fused-ring (bicyclic) bond motifs is 1. The molecule has 134 valence electrons. The summed E-state index contributed by atoms with van der Waals surface area (Å²) in [5.74, 6) is -0.0133. The first kappa shape index (κ1) is 17.3. The predicted molar refractivity (Wildman–Crippen MR) is 107 cm³/mol. The summed E-state index contributed by atoms with van der Waals surface area (Å²) in [6.45, 7) is 1.86. The number of rotatable bonds is 4. The first-order valence-electron chi connectivity index (χ1n) is 8.58. The molecule has 0 atom stereocenters. The molecule has 0 aliphatic rings. The normalized spacial score (nSPS) is 10.9. The van der Waals surface area contributed by atoms with Crippen LogP contribution in [0.4, 0.5) is 5.69 Å². The van der Waals surface area contributed by atoms with Gasteiger partial charge < -0.3 is 9.73 Å². The van der Waals surface area contributed by atoms with Gasteiger partial charge in [0.25, 0.3) is 5.91 Å². The molecule has 0 fully saturated rings. The van der Waals surface area contributed by atoms with Gasteiger partial charge in [-0.2, -0.15) is 0 Å².